The number of rotatable bonds is 7. The van der Waals surface area contributed by atoms with Crippen LogP contribution in [0.2, 0.25) is 0 Å². The van der Waals surface area contributed by atoms with Crippen molar-refractivity contribution in [2.45, 2.75) is 31.4 Å². The average Bonchev–Trinajstić information content (AvgIpc) is 2.40. The molecule has 0 spiro atoms. The summed E-state index contributed by atoms with van der Waals surface area (Å²) >= 11 is 1.90. The van der Waals surface area contributed by atoms with Gasteiger partial charge in [-0.15, -0.1) is 0 Å². The molecule has 4 N–H and O–H groups in total. The lowest BCUT2D eigenvalue weighted by atomic mass is 10.0. The molecule has 1 aromatic heterocycles. The Morgan fingerprint density at radius 3 is 2.39 bits per heavy atom. The molecule has 1 heterocycles. The van der Waals surface area contributed by atoms with Crippen LogP contribution in [0.3, 0.4) is 0 Å². The molecule has 0 amide bonds. The Labute approximate surface area is 113 Å². The van der Waals surface area contributed by atoms with E-state index in [9.17, 15) is 0 Å². The fraction of sp³-hybridized carbons (Fsp3) is 0.667. The quantitative estimate of drug-likeness (QED) is 0.706. The average molecular weight is 269 g/mol. The summed E-state index contributed by atoms with van der Waals surface area (Å²) in [5.41, 5.74) is 5.66. The second kappa shape index (κ2) is 6.68. The lowest BCUT2D eigenvalue weighted by Gasteiger charge is -2.30. The third-order valence-corrected chi connectivity index (χ3v) is 4.90. The number of anilines is 3. The minimum atomic E-state index is 0.250. The molecule has 0 aliphatic carbocycles. The number of nitrogens with zero attached hydrogens (tertiary/aromatic N) is 2. The van der Waals surface area contributed by atoms with Gasteiger partial charge in [-0.2, -0.15) is 21.7 Å². The maximum Gasteiger partial charge on any atom is 0.223 e. The van der Waals surface area contributed by atoms with E-state index in [-0.39, 0.29) is 10.7 Å². The molecule has 18 heavy (non-hydrogen) atoms. The molecule has 0 aliphatic heterocycles. The predicted octanol–water partition coefficient (Wildman–Crippen LogP) is 2.43. The highest BCUT2D eigenvalue weighted by atomic mass is 32.2. The summed E-state index contributed by atoms with van der Waals surface area (Å²) in [5.74, 6) is 1.78. The lowest BCUT2D eigenvalue weighted by Crippen LogP contribution is -2.32. The smallest absolute Gasteiger partial charge is 0.223 e. The standard InChI is InChI=1S/C12H23N5S/c1-5-12(6-2,18-4)8-15-10-7-9(14-3)16-11(13)17-10/h7H,5-6,8H2,1-4H3,(H4,13,14,15,16,17). The molecule has 0 unspecified atom stereocenters. The van der Waals surface area contributed by atoms with Gasteiger partial charge < -0.3 is 16.4 Å². The van der Waals surface area contributed by atoms with Crippen LogP contribution in [0.4, 0.5) is 17.6 Å². The molecule has 0 aliphatic rings. The van der Waals surface area contributed by atoms with Crippen molar-refractivity contribution in [3.05, 3.63) is 6.07 Å². The van der Waals surface area contributed by atoms with Crippen molar-refractivity contribution in [3.63, 3.8) is 0 Å². The zero-order chi connectivity index (χ0) is 13.6. The molecule has 0 aromatic carbocycles. The number of hydrogen-bond donors (Lipinski definition) is 3. The Balaban J connectivity index is 2.76. The first-order valence-corrected chi connectivity index (χ1v) is 7.43. The Hall–Kier alpha value is -1.17. The minimum absolute atomic E-state index is 0.250. The molecule has 0 saturated carbocycles. The minimum Gasteiger partial charge on any atom is -0.373 e. The largest absolute Gasteiger partial charge is 0.373 e. The molecule has 1 rings (SSSR count). The first-order chi connectivity index (χ1) is 8.59. The van der Waals surface area contributed by atoms with E-state index >= 15 is 0 Å². The van der Waals surface area contributed by atoms with Gasteiger partial charge in [-0.05, 0) is 19.1 Å². The molecule has 6 heteroatoms. The summed E-state index contributed by atoms with van der Waals surface area (Å²) < 4.78 is 0.250. The lowest BCUT2D eigenvalue weighted by molar-refractivity contribution is 0.574. The summed E-state index contributed by atoms with van der Waals surface area (Å²) in [7, 11) is 1.82. The first kappa shape index (κ1) is 14.9. The Bertz CT molecular complexity index is 370. The zero-order valence-electron chi connectivity index (χ0n) is 11.6. The van der Waals surface area contributed by atoms with Crippen molar-refractivity contribution >= 4 is 29.3 Å². The molecule has 0 fully saturated rings. The van der Waals surface area contributed by atoms with E-state index in [0.29, 0.717) is 0 Å². The molecule has 5 nitrogen and oxygen atoms in total. The van der Waals surface area contributed by atoms with Gasteiger partial charge in [0, 0.05) is 24.4 Å². The Morgan fingerprint density at radius 1 is 1.28 bits per heavy atom. The normalized spacial score (nSPS) is 11.3. The summed E-state index contributed by atoms with van der Waals surface area (Å²) in [5, 5.41) is 6.33. The fourth-order valence-corrected chi connectivity index (χ4v) is 2.59. The molecule has 102 valence electrons. The highest BCUT2D eigenvalue weighted by molar-refractivity contribution is 8.00. The molecule has 0 atom stereocenters. The monoisotopic (exact) mass is 269 g/mol. The van der Waals surface area contributed by atoms with Crippen molar-refractivity contribution in [1.29, 1.82) is 0 Å². The van der Waals surface area contributed by atoms with E-state index in [1.54, 1.807) is 0 Å². The molecule has 0 saturated heterocycles. The van der Waals surface area contributed by atoms with E-state index in [4.69, 9.17) is 5.73 Å². The number of nitrogens with two attached hydrogens (primary N) is 1. The number of thioether (sulfide) groups is 1. The van der Waals surface area contributed by atoms with Crippen LogP contribution in [-0.4, -0.2) is 34.6 Å². The second-order valence-electron chi connectivity index (χ2n) is 4.19. The summed E-state index contributed by atoms with van der Waals surface area (Å²) in [4.78, 5) is 8.26. The Kier molecular flexibility index (Phi) is 5.53. The fourth-order valence-electron chi connectivity index (χ4n) is 1.80. The predicted molar refractivity (Wildman–Crippen MR) is 81.3 cm³/mol. The van der Waals surface area contributed by atoms with Crippen molar-refractivity contribution in [3.8, 4) is 0 Å². The maximum atomic E-state index is 5.66. The molecule has 0 bridgehead atoms. The Morgan fingerprint density at radius 2 is 1.89 bits per heavy atom. The molecule has 0 radical (unpaired) electrons. The van der Waals surface area contributed by atoms with Gasteiger partial charge >= 0.3 is 0 Å². The van der Waals surface area contributed by atoms with Crippen LogP contribution >= 0.6 is 11.8 Å². The van der Waals surface area contributed by atoms with Crippen LogP contribution in [0.25, 0.3) is 0 Å². The van der Waals surface area contributed by atoms with E-state index in [1.807, 2.05) is 24.9 Å². The zero-order valence-corrected chi connectivity index (χ0v) is 12.4. The highest BCUT2D eigenvalue weighted by Crippen LogP contribution is 2.30. The van der Waals surface area contributed by atoms with Crippen molar-refractivity contribution in [2.75, 3.05) is 36.2 Å². The van der Waals surface area contributed by atoms with E-state index in [2.05, 4.69) is 40.7 Å². The highest BCUT2D eigenvalue weighted by Gasteiger charge is 2.24. The molecular weight excluding hydrogens is 246 g/mol. The van der Waals surface area contributed by atoms with Crippen LogP contribution in [0.1, 0.15) is 26.7 Å². The van der Waals surface area contributed by atoms with Crippen molar-refractivity contribution in [1.82, 2.24) is 9.97 Å². The van der Waals surface area contributed by atoms with Gasteiger partial charge in [-0.3, -0.25) is 0 Å². The van der Waals surface area contributed by atoms with Crippen LogP contribution < -0.4 is 16.4 Å². The van der Waals surface area contributed by atoms with E-state index in [1.165, 1.54) is 0 Å². The first-order valence-electron chi connectivity index (χ1n) is 6.20. The van der Waals surface area contributed by atoms with Crippen molar-refractivity contribution < 1.29 is 0 Å². The third-order valence-electron chi connectivity index (χ3n) is 3.31. The van der Waals surface area contributed by atoms with Gasteiger partial charge in [0.05, 0.1) is 0 Å². The summed E-state index contributed by atoms with van der Waals surface area (Å²) in [6.45, 7) is 5.31. The number of nitrogen functional groups attached to an aromatic ring is 1. The summed E-state index contributed by atoms with van der Waals surface area (Å²) in [6.07, 6.45) is 4.40. The number of aromatic nitrogens is 2. The summed E-state index contributed by atoms with van der Waals surface area (Å²) in [6, 6.07) is 1.87. The van der Waals surface area contributed by atoms with Gasteiger partial charge in [0.15, 0.2) is 0 Å². The number of hydrogen-bond acceptors (Lipinski definition) is 6. The maximum absolute atomic E-state index is 5.66. The van der Waals surface area contributed by atoms with Crippen LogP contribution in [0.5, 0.6) is 0 Å². The van der Waals surface area contributed by atoms with Crippen LogP contribution in [0, 0.1) is 0 Å². The second-order valence-corrected chi connectivity index (χ2v) is 5.47. The molecule has 1 aromatic rings. The van der Waals surface area contributed by atoms with Crippen LogP contribution in [-0.2, 0) is 0 Å². The SMILES string of the molecule is CCC(CC)(CNc1cc(NC)nc(N)n1)SC. The van der Waals surface area contributed by atoms with Gasteiger partial charge in [0.2, 0.25) is 5.95 Å². The number of nitrogens with one attached hydrogen (secondary N) is 2. The molecular formula is C12H23N5S. The third kappa shape index (κ3) is 3.66. The van der Waals surface area contributed by atoms with Gasteiger partial charge in [0.25, 0.3) is 0 Å². The topological polar surface area (TPSA) is 75.9 Å². The van der Waals surface area contributed by atoms with E-state index in [0.717, 1.165) is 31.0 Å². The van der Waals surface area contributed by atoms with Crippen LogP contribution in [0.15, 0.2) is 6.07 Å². The van der Waals surface area contributed by atoms with E-state index < -0.39 is 0 Å². The van der Waals surface area contributed by atoms with Gasteiger partial charge in [-0.1, -0.05) is 13.8 Å². The van der Waals surface area contributed by atoms with Gasteiger partial charge in [-0.25, -0.2) is 0 Å². The van der Waals surface area contributed by atoms with Crippen molar-refractivity contribution in [2.24, 2.45) is 0 Å². The van der Waals surface area contributed by atoms with Gasteiger partial charge in [0.1, 0.15) is 11.6 Å².